The Kier molecular flexibility index (Phi) is 4.46. The lowest BCUT2D eigenvalue weighted by Gasteiger charge is -2.40. The minimum atomic E-state index is 0.623. The number of para-hydroxylation sites is 2. The van der Waals surface area contributed by atoms with Crippen LogP contribution < -0.4 is 4.90 Å². The van der Waals surface area contributed by atoms with Crippen LogP contribution in [0.4, 0.5) is 11.4 Å². The lowest BCUT2D eigenvalue weighted by atomic mass is 9.86. The van der Waals surface area contributed by atoms with Crippen molar-refractivity contribution in [1.29, 1.82) is 0 Å². The number of hydrogen-bond donors (Lipinski definition) is 0. The molecule has 2 atom stereocenters. The first kappa shape index (κ1) is 16.4. The molecule has 0 spiro atoms. The smallest absolute Gasteiger partial charge is 0.0450 e. The first-order valence-electron chi connectivity index (χ1n) is 10.6. The highest BCUT2D eigenvalue weighted by Gasteiger charge is 2.42. The molecular weight excluding hydrogens is 316 g/mol. The van der Waals surface area contributed by atoms with E-state index < -0.39 is 0 Å². The molecule has 1 saturated heterocycles. The summed E-state index contributed by atoms with van der Waals surface area (Å²) in [5.41, 5.74) is 4.36. The number of nitrogens with zero attached hydrogens (tertiary/aromatic N) is 2. The van der Waals surface area contributed by atoms with Gasteiger partial charge in [-0.25, -0.2) is 0 Å². The first-order chi connectivity index (χ1) is 12.9. The van der Waals surface area contributed by atoms with Gasteiger partial charge in [0.2, 0.25) is 0 Å². The average Bonchev–Trinajstić information content (AvgIpc) is 3.03. The van der Waals surface area contributed by atoms with Gasteiger partial charge in [-0.3, -0.25) is 0 Å². The molecule has 136 valence electrons. The van der Waals surface area contributed by atoms with E-state index in [4.69, 9.17) is 0 Å². The van der Waals surface area contributed by atoms with Crippen molar-refractivity contribution < 1.29 is 0 Å². The zero-order chi connectivity index (χ0) is 17.3. The Hall–Kier alpha value is -1.80. The average molecular weight is 347 g/mol. The van der Waals surface area contributed by atoms with Crippen LogP contribution in [0.25, 0.3) is 0 Å². The third-order valence-corrected chi connectivity index (χ3v) is 6.86. The zero-order valence-corrected chi connectivity index (χ0v) is 15.7. The fourth-order valence-electron chi connectivity index (χ4n) is 5.64. The summed E-state index contributed by atoms with van der Waals surface area (Å²) in [6.45, 7) is 3.83. The van der Waals surface area contributed by atoms with Crippen LogP contribution in [-0.2, 0) is 0 Å². The van der Waals surface area contributed by atoms with Crippen molar-refractivity contribution in [2.75, 3.05) is 24.5 Å². The van der Waals surface area contributed by atoms with Crippen LogP contribution in [0, 0.1) is 5.92 Å². The van der Waals surface area contributed by atoms with Gasteiger partial charge in [0, 0.05) is 43.0 Å². The van der Waals surface area contributed by atoms with E-state index in [1.165, 1.54) is 69.5 Å². The summed E-state index contributed by atoms with van der Waals surface area (Å²) in [6.07, 6.45) is 8.56. The van der Waals surface area contributed by atoms with Crippen molar-refractivity contribution >= 4 is 11.4 Å². The number of fused-ring (bicyclic) bond motifs is 3. The van der Waals surface area contributed by atoms with Gasteiger partial charge in [-0.2, -0.15) is 0 Å². The number of piperidine rings is 1. The largest absolute Gasteiger partial charge is 0.337 e. The van der Waals surface area contributed by atoms with Crippen molar-refractivity contribution in [3.8, 4) is 0 Å². The van der Waals surface area contributed by atoms with E-state index in [2.05, 4.69) is 64.4 Å². The summed E-state index contributed by atoms with van der Waals surface area (Å²) in [6, 6.07) is 20.8. The summed E-state index contributed by atoms with van der Waals surface area (Å²) in [7, 11) is 0. The van der Waals surface area contributed by atoms with Gasteiger partial charge < -0.3 is 9.80 Å². The van der Waals surface area contributed by atoms with E-state index in [1.54, 1.807) is 5.56 Å². The van der Waals surface area contributed by atoms with Gasteiger partial charge in [0.25, 0.3) is 0 Å². The molecule has 2 heterocycles. The Labute approximate surface area is 157 Å². The van der Waals surface area contributed by atoms with Crippen molar-refractivity contribution in [3.63, 3.8) is 0 Å². The lowest BCUT2D eigenvalue weighted by molar-refractivity contribution is 0.153. The molecule has 0 bridgehead atoms. The van der Waals surface area contributed by atoms with E-state index >= 15 is 0 Å². The minimum absolute atomic E-state index is 0.623. The fourth-order valence-corrected chi connectivity index (χ4v) is 5.64. The van der Waals surface area contributed by atoms with Crippen LogP contribution in [-0.4, -0.2) is 30.6 Å². The predicted molar refractivity (Wildman–Crippen MR) is 109 cm³/mol. The van der Waals surface area contributed by atoms with E-state index in [1.807, 2.05) is 0 Å². The Morgan fingerprint density at radius 3 is 2.42 bits per heavy atom. The van der Waals surface area contributed by atoms with Crippen molar-refractivity contribution in [1.82, 2.24) is 4.90 Å². The summed E-state index contributed by atoms with van der Waals surface area (Å²) in [5, 5.41) is 0. The van der Waals surface area contributed by atoms with Gasteiger partial charge in [-0.15, -0.1) is 0 Å². The summed E-state index contributed by atoms with van der Waals surface area (Å²) < 4.78 is 0. The Balaban J connectivity index is 1.39. The second-order valence-electron chi connectivity index (χ2n) is 8.49. The van der Waals surface area contributed by atoms with Crippen LogP contribution >= 0.6 is 0 Å². The van der Waals surface area contributed by atoms with Crippen LogP contribution in [0.15, 0.2) is 54.6 Å². The third-order valence-electron chi connectivity index (χ3n) is 6.86. The van der Waals surface area contributed by atoms with Crippen LogP contribution in [0.5, 0.6) is 0 Å². The van der Waals surface area contributed by atoms with Crippen molar-refractivity contribution in [2.45, 2.75) is 50.5 Å². The summed E-state index contributed by atoms with van der Waals surface area (Å²) >= 11 is 0. The fraction of sp³-hybridized carbons (Fsp3) is 0.500. The molecular formula is C24H30N2. The lowest BCUT2D eigenvalue weighted by Crippen LogP contribution is -2.46. The molecule has 2 heteroatoms. The molecule has 0 N–H and O–H groups in total. The van der Waals surface area contributed by atoms with Gasteiger partial charge in [-0.1, -0.05) is 55.7 Å². The second-order valence-corrected chi connectivity index (χ2v) is 8.49. The second kappa shape index (κ2) is 7.08. The van der Waals surface area contributed by atoms with E-state index in [9.17, 15) is 0 Å². The summed E-state index contributed by atoms with van der Waals surface area (Å²) in [5.74, 6) is 1.60. The molecule has 0 radical (unpaired) electrons. The highest BCUT2D eigenvalue weighted by atomic mass is 15.2. The van der Waals surface area contributed by atoms with Gasteiger partial charge in [-0.05, 0) is 48.9 Å². The SMILES string of the molecule is c1ccc(N2c3ccccc3[C@@H]3CN(CC4CCCCC4)CC[C@H]32)cc1. The molecule has 0 aromatic heterocycles. The van der Waals surface area contributed by atoms with Crippen LogP contribution in [0.2, 0.25) is 0 Å². The van der Waals surface area contributed by atoms with E-state index in [-0.39, 0.29) is 0 Å². The molecule has 2 nitrogen and oxygen atoms in total. The number of rotatable bonds is 3. The maximum absolute atomic E-state index is 2.78. The maximum Gasteiger partial charge on any atom is 0.0450 e. The molecule has 2 aromatic carbocycles. The highest BCUT2D eigenvalue weighted by molar-refractivity contribution is 5.72. The topological polar surface area (TPSA) is 6.48 Å². The summed E-state index contributed by atoms with van der Waals surface area (Å²) in [4.78, 5) is 5.40. The number of likely N-dealkylation sites (tertiary alicyclic amines) is 1. The zero-order valence-electron chi connectivity index (χ0n) is 15.7. The Bertz CT molecular complexity index is 735. The molecule has 2 aromatic rings. The molecule has 1 aliphatic carbocycles. The molecule has 0 amide bonds. The van der Waals surface area contributed by atoms with Gasteiger partial charge >= 0.3 is 0 Å². The maximum atomic E-state index is 2.78. The standard InChI is InChI=1S/C24H30N2/c1-3-9-19(10-4-1)17-25-16-15-24-22(18-25)21-13-7-8-14-23(21)26(24)20-11-5-2-6-12-20/h2,5-8,11-14,19,22,24H,1,3-4,9-10,15-18H2/t22-,24+/m0/s1. The molecule has 5 rings (SSSR count). The number of hydrogen-bond acceptors (Lipinski definition) is 2. The highest BCUT2D eigenvalue weighted by Crippen LogP contribution is 2.48. The first-order valence-corrected chi connectivity index (χ1v) is 10.6. The van der Waals surface area contributed by atoms with Gasteiger partial charge in [0.05, 0.1) is 0 Å². The van der Waals surface area contributed by atoms with E-state index in [0.717, 1.165) is 5.92 Å². The normalized spacial score (nSPS) is 26.5. The van der Waals surface area contributed by atoms with Gasteiger partial charge in [0.1, 0.15) is 0 Å². The molecule has 1 saturated carbocycles. The quantitative estimate of drug-likeness (QED) is 0.716. The minimum Gasteiger partial charge on any atom is -0.337 e. The molecule has 0 unspecified atom stereocenters. The van der Waals surface area contributed by atoms with Crippen molar-refractivity contribution in [3.05, 3.63) is 60.2 Å². The Morgan fingerprint density at radius 1 is 0.808 bits per heavy atom. The van der Waals surface area contributed by atoms with Gasteiger partial charge in [0.15, 0.2) is 0 Å². The molecule has 26 heavy (non-hydrogen) atoms. The van der Waals surface area contributed by atoms with Crippen LogP contribution in [0.3, 0.4) is 0 Å². The van der Waals surface area contributed by atoms with Crippen molar-refractivity contribution in [2.24, 2.45) is 5.92 Å². The molecule has 2 aliphatic heterocycles. The Morgan fingerprint density at radius 2 is 1.58 bits per heavy atom. The van der Waals surface area contributed by atoms with Crippen LogP contribution in [0.1, 0.15) is 50.0 Å². The molecule has 2 fully saturated rings. The predicted octanol–water partition coefficient (Wildman–Crippen LogP) is 5.58. The monoisotopic (exact) mass is 346 g/mol. The number of benzene rings is 2. The third kappa shape index (κ3) is 2.95. The molecule has 3 aliphatic rings. The number of anilines is 2. The van der Waals surface area contributed by atoms with E-state index in [0.29, 0.717) is 12.0 Å².